The summed E-state index contributed by atoms with van der Waals surface area (Å²) in [6, 6.07) is 11.2. The zero-order valence-electron chi connectivity index (χ0n) is 12.6. The lowest BCUT2D eigenvalue weighted by Crippen LogP contribution is -2.26. The molecule has 1 aromatic carbocycles. The fourth-order valence-electron chi connectivity index (χ4n) is 2.23. The van der Waals surface area contributed by atoms with E-state index in [1.165, 1.54) is 7.11 Å². The first kappa shape index (κ1) is 16.1. The van der Waals surface area contributed by atoms with Gasteiger partial charge < -0.3 is 9.84 Å². The molecule has 0 bridgehead atoms. The number of hydrogen-bond acceptors (Lipinski definition) is 5. The van der Waals surface area contributed by atoms with Gasteiger partial charge >= 0.3 is 5.97 Å². The molecule has 1 aromatic heterocycles. The number of aliphatic hydroxyl groups is 1. The first-order valence-electron chi connectivity index (χ1n) is 7.12. The van der Waals surface area contributed by atoms with Crippen molar-refractivity contribution >= 4 is 5.97 Å². The lowest BCUT2D eigenvalue weighted by molar-refractivity contribution is 0.0600. The van der Waals surface area contributed by atoms with Crippen molar-refractivity contribution in [3.8, 4) is 0 Å². The molecule has 0 saturated carbocycles. The molecule has 1 N–H and O–H groups in total. The van der Waals surface area contributed by atoms with E-state index < -0.39 is 0 Å². The zero-order valence-corrected chi connectivity index (χ0v) is 12.6. The average molecular weight is 300 g/mol. The lowest BCUT2D eigenvalue weighted by Gasteiger charge is -2.21. The summed E-state index contributed by atoms with van der Waals surface area (Å²) in [6.45, 7) is 2.08. The molecule has 2 aromatic rings. The topological polar surface area (TPSA) is 62.7 Å². The number of ether oxygens (including phenoxy) is 1. The molecule has 1 heterocycles. The Bertz CT molecular complexity index is 585. The Morgan fingerprint density at radius 1 is 1.18 bits per heavy atom. The molecule has 0 radical (unpaired) electrons. The van der Waals surface area contributed by atoms with Gasteiger partial charge in [0.15, 0.2) is 0 Å². The highest BCUT2D eigenvalue weighted by Gasteiger charge is 2.09. The molecule has 2 rings (SSSR count). The number of carbonyl (C=O) groups is 1. The van der Waals surface area contributed by atoms with Crippen LogP contribution in [0.2, 0.25) is 0 Å². The van der Waals surface area contributed by atoms with Crippen LogP contribution in [0.1, 0.15) is 21.5 Å². The Kier molecular flexibility index (Phi) is 6.06. The molecule has 0 aliphatic heterocycles. The molecule has 0 unspecified atom stereocenters. The molecule has 0 fully saturated rings. The van der Waals surface area contributed by atoms with Crippen molar-refractivity contribution in [2.75, 3.05) is 20.3 Å². The molecule has 5 heteroatoms. The van der Waals surface area contributed by atoms with E-state index in [0.29, 0.717) is 25.2 Å². The Balaban J connectivity index is 2.02. The number of esters is 1. The number of nitrogens with zero attached hydrogens (tertiary/aromatic N) is 2. The van der Waals surface area contributed by atoms with Crippen molar-refractivity contribution in [2.24, 2.45) is 0 Å². The van der Waals surface area contributed by atoms with Crippen molar-refractivity contribution < 1.29 is 14.6 Å². The molecule has 0 saturated heterocycles. The van der Waals surface area contributed by atoms with Crippen LogP contribution in [0.3, 0.4) is 0 Å². The summed E-state index contributed by atoms with van der Waals surface area (Å²) in [5, 5.41) is 9.22. The van der Waals surface area contributed by atoms with Crippen LogP contribution in [0.5, 0.6) is 0 Å². The van der Waals surface area contributed by atoms with Gasteiger partial charge in [-0.1, -0.05) is 18.2 Å². The van der Waals surface area contributed by atoms with Crippen molar-refractivity contribution in [1.29, 1.82) is 0 Å². The maximum absolute atomic E-state index is 11.4. The molecule has 22 heavy (non-hydrogen) atoms. The van der Waals surface area contributed by atoms with Crippen LogP contribution in [0.15, 0.2) is 48.8 Å². The summed E-state index contributed by atoms with van der Waals surface area (Å²) in [6.07, 6.45) is 3.57. The third-order valence-electron chi connectivity index (χ3n) is 3.33. The van der Waals surface area contributed by atoms with Crippen molar-refractivity contribution in [2.45, 2.75) is 13.1 Å². The number of aliphatic hydroxyl groups excluding tert-OH is 1. The van der Waals surface area contributed by atoms with Crippen molar-refractivity contribution in [1.82, 2.24) is 9.88 Å². The van der Waals surface area contributed by atoms with E-state index in [1.54, 1.807) is 18.3 Å². The molecular weight excluding hydrogens is 280 g/mol. The van der Waals surface area contributed by atoms with E-state index in [0.717, 1.165) is 11.1 Å². The van der Waals surface area contributed by atoms with Crippen LogP contribution in [-0.2, 0) is 17.8 Å². The van der Waals surface area contributed by atoms with Crippen LogP contribution < -0.4 is 0 Å². The van der Waals surface area contributed by atoms with Gasteiger partial charge in [0.25, 0.3) is 0 Å². The second-order valence-electron chi connectivity index (χ2n) is 4.98. The SMILES string of the molecule is COC(=O)c1ccc(CN(CCO)Cc2cccnc2)cc1. The van der Waals surface area contributed by atoms with Crippen LogP contribution in [0.25, 0.3) is 0 Å². The summed E-state index contributed by atoms with van der Waals surface area (Å²) in [5.41, 5.74) is 2.71. The molecule has 0 spiro atoms. The highest BCUT2D eigenvalue weighted by atomic mass is 16.5. The number of benzene rings is 1. The molecule has 0 aliphatic rings. The normalized spacial score (nSPS) is 10.7. The zero-order chi connectivity index (χ0) is 15.8. The number of aromatic nitrogens is 1. The largest absolute Gasteiger partial charge is 0.465 e. The quantitative estimate of drug-likeness (QED) is 0.791. The van der Waals surface area contributed by atoms with E-state index >= 15 is 0 Å². The summed E-state index contributed by atoms with van der Waals surface area (Å²) >= 11 is 0. The van der Waals surface area contributed by atoms with E-state index in [9.17, 15) is 9.90 Å². The Morgan fingerprint density at radius 2 is 1.91 bits per heavy atom. The van der Waals surface area contributed by atoms with Gasteiger partial charge in [-0.25, -0.2) is 4.79 Å². The minimum Gasteiger partial charge on any atom is -0.465 e. The van der Waals surface area contributed by atoms with E-state index in [2.05, 4.69) is 14.6 Å². The molecule has 116 valence electrons. The van der Waals surface area contributed by atoms with Crippen LogP contribution in [0, 0.1) is 0 Å². The monoisotopic (exact) mass is 300 g/mol. The average Bonchev–Trinajstić information content (AvgIpc) is 2.56. The predicted molar refractivity (Wildman–Crippen MR) is 83.2 cm³/mol. The van der Waals surface area contributed by atoms with Gasteiger partial charge in [-0.05, 0) is 29.3 Å². The van der Waals surface area contributed by atoms with Gasteiger partial charge in [0, 0.05) is 32.0 Å². The summed E-state index contributed by atoms with van der Waals surface area (Å²) in [4.78, 5) is 17.7. The van der Waals surface area contributed by atoms with E-state index in [4.69, 9.17) is 0 Å². The smallest absolute Gasteiger partial charge is 0.337 e. The predicted octanol–water partition coefficient (Wildman–Crippen LogP) is 1.86. The minimum absolute atomic E-state index is 0.0977. The second kappa shape index (κ2) is 8.26. The Labute approximate surface area is 130 Å². The number of methoxy groups -OCH3 is 1. The molecule has 5 nitrogen and oxygen atoms in total. The van der Waals surface area contributed by atoms with Crippen molar-refractivity contribution in [3.63, 3.8) is 0 Å². The number of rotatable bonds is 7. The summed E-state index contributed by atoms with van der Waals surface area (Å²) in [7, 11) is 1.37. The standard InChI is InChI=1S/C17H20N2O3/c1-22-17(21)16-6-4-14(5-7-16)12-19(9-10-20)13-15-3-2-8-18-11-15/h2-8,11,20H,9-10,12-13H2,1H3. The van der Waals surface area contributed by atoms with Crippen molar-refractivity contribution in [3.05, 3.63) is 65.5 Å². The fourth-order valence-corrected chi connectivity index (χ4v) is 2.23. The van der Waals surface area contributed by atoms with Gasteiger partial charge in [-0.3, -0.25) is 9.88 Å². The van der Waals surface area contributed by atoms with Crippen LogP contribution in [0.4, 0.5) is 0 Å². The molecule has 0 atom stereocenters. The van der Waals surface area contributed by atoms with Gasteiger partial charge in [0.05, 0.1) is 19.3 Å². The third-order valence-corrected chi connectivity index (χ3v) is 3.33. The lowest BCUT2D eigenvalue weighted by atomic mass is 10.1. The maximum Gasteiger partial charge on any atom is 0.337 e. The van der Waals surface area contributed by atoms with Gasteiger partial charge in [-0.2, -0.15) is 0 Å². The highest BCUT2D eigenvalue weighted by molar-refractivity contribution is 5.89. The Morgan fingerprint density at radius 3 is 2.50 bits per heavy atom. The number of carbonyl (C=O) groups excluding carboxylic acids is 1. The first-order chi connectivity index (χ1) is 10.7. The van der Waals surface area contributed by atoms with Gasteiger partial charge in [0.2, 0.25) is 0 Å². The van der Waals surface area contributed by atoms with Crippen LogP contribution >= 0.6 is 0 Å². The first-order valence-corrected chi connectivity index (χ1v) is 7.12. The second-order valence-corrected chi connectivity index (χ2v) is 4.98. The minimum atomic E-state index is -0.339. The number of hydrogen-bond donors (Lipinski definition) is 1. The third kappa shape index (κ3) is 4.65. The van der Waals surface area contributed by atoms with E-state index in [1.807, 2.05) is 30.5 Å². The molecular formula is C17H20N2O3. The van der Waals surface area contributed by atoms with E-state index in [-0.39, 0.29) is 12.6 Å². The van der Waals surface area contributed by atoms with Gasteiger partial charge in [0.1, 0.15) is 0 Å². The summed E-state index contributed by atoms with van der Waals surface area (Å²) in [5.74, 6) is -0.339. The number of pyridine rings is 1. The fraction of sp³-hybridized carbons (Fsp3) is 0.294. The Hall–Kier alpha value is -2.24. The molecule has 0 amide bonds. The van der Waals surface area contributed by atoms with Crippen LogP contribution in [-0.4, -0.2) is 41.2 Å². The van der Waals surface area contributed by atoms with Gasteiger partial charge in [-0.15, -0.1) is 0 Å². The molecule has 0 aliphatic carbocycles. The summed E-state index contributed by atoms with van der Waals surface area (Å²) < 4.78 is 4.69. The maximum atomic E-state index is 11.4. The highest BCUT2D eigenvalue weighted by Crippen LogP contribution is 2.11.